The molecule has 1 N–H and O–H groups in total. The van der Waals surface area contributed by atoms with Crippen LogP contribution in [0.1, 0.15) is 31.9 Å². The third kappa shape index (κ3) is 2.69. The summed E-state index contributed by atoms with van der Waals surface area (Å²) in [6, 6.07) is 0. The molecule has 118 valence electrons. The zero-order valence-corrected chi connectivity index (χ0v) is 13.3. The summed E-state index contributed by atoms with van der Waals surface area (Å²) >= 11 is 0. The second kappa shape index (κ2) is 5.49. The summed E-state index contributed by atoms with van der Waals surface area (Å²) in [4.78, 5) is 9.09. The van der Waals surface area contributed by atoms with Crippen molar-refractivity contribution in [3.63, 3.8) is 0 Å². The van der Waals surface area contributed by atoms with Crippen molar-refractivity contribution in [1.82, 2.24) is 29.4 Å². The fourth-order valence-electron chi connectivity index (χ4n) is 2.89. The highest BCUT2D eigenvalue weighted by Crippen LogP contribution is 2.30. The lowest BCUT2D eigenvalue weighted by molar-refractivity contribution is 0.533. The van der Waals surface area contributed by atoms with E-state index < -0.39 is 0 Å². The highest BCUT2D eigenvalue weighted by atomic mass is 15.3. The van der Waals surface area contributed by atoms with Crippen molar-refractivity contribution >= 4 is 22.7 Å². The van der Waals surface area contributed by atoms with E-state index in [4.69, 9.17) is 4.98 Å². The Morgan fingerprint density at radius 1 is 1.26 bits per heavy atom. The largest absolute Gasteiger partial charge is 0.334 e. The van der Waals surface area contributed by atoms with Crippen molar-refractivity contribution < 1.29 is 0 Å². The van der Waals surface area contributed by atoms with Gasteiger partial charge in [-0.3, -0.25) is 4.68 Å². The highest BCUT2D eigenvalue weighted by Gasteiger charge is 2.16. The third-order valence-corrected chi connectivity index (χ3v) is 4.23. The molecule has 0 aromatic carbocycles. The first kappa shape index (κ1) is 13.9. The molecular formula is C16H19N7. The third-order valence-electron chi connectivity index (χ3n) is 4.23. The fourth-order valence-corrected chi connectivity index (χ4v) is 2.89. The average molecular weight is 309 g/mol. The van der Waals surface area contributed by atoms with Gasteiger partial charge in [0.25, 0.3) is 0 Å². The van der Waals surface area contributed by atoms with E-state index in [0.717, 1.165) is 30.1 Å². The van der Waals surface area contributed by atoms with E-state index in [2.05, 4.69) is 33.5 Å². The number of fused-ring (bicyclic) bond motifs is 1. The number of nitrogens with zero attached hydrogens (tertiary/aromatic N) is 6. The molecule has 0 amide bonds. The molecule has 0 radical (unpaired) electrons. The molecule has 0 aliphatic heterocycles. The fraction of sp³-hybridized carbons (Fsp3) is 0.375. The van der Waals surface area contributed by atoms with Crippen molar-refractivity contribution in [2.75, 3.05) is 5.32 Å². The normalized spacial score (nSPS) is 18.2. The van der Waals surface area contributed by atoms with Crippen molar-refractivity contribution in [2.45, 2.75) is 26.2 Å². The zero-order valence-electron chi connectivity index (χ0n) is 13.3. The van der Waals surface area contributed by atoms with Crippen LogP contribution >= 0.6 is 0 Å². The molecule has 1 atom stereocenters. The molecule has 3 aromatic heterocycles. The molecule has 0 saturated heterocycles. The van der Waals surface area contributed by atoms with Gasteiger partial charge in [-0.05, 0) is 30.8 Å². The van der Waals surface area contributed by atoms with Crippen molar-refractivity contribution in [2.24, 2.45) is 13.0 Å². The summed E-state index contributed by atoms with van der Waals surface area (Å²) < 4.78 is 3.53. The lowest BCUT2D eigenvalue weighted by atomic mass is 9.90. The van der Waals surface area contributed by atoms with E-state index in [-0.39, 0.29) is 0 Å². The van der Waals surface area contributed by atoms with Gasteiger partial charge in [-0.15, -0.1) is 0 Å². The van der Waals surface area contributed by atoms with Gasteiger partial charge >= 0.3 is 0 Å². The Morgan fingerprint density at radius 2 is 2.17 bits per heavy atom. The number of aryl methyl sites for hydroxylation is 1. The van der Waals surface area contributed by atoms with E-state index >= 15 is 0 Å². The van der Waals surface area contributed by atoms with E-state index in [1.54, 1.807) is 21.7 Å². The van der Waals surface area contributed by atoms with Gasteiger partial charge in [0.15, 0.2) is 11.5 Å². The van der Waals surface area contributed by atoms with Crippen LogP contribution in [0.5, 0.6) is 0 Å². The number of rotatable bonds is 3. The van der Waals surface area contributed by atoms with Crippen LogP contribution in [-0.4, -0.2) is 29.4 Å². The topological polar surface area (TPSA) is 72.9 Å². The first-order valence-corrected chi connectivity index (χ1v) is 7.84. The van der Waals surface area contributed by atoms with Crippen LogP contribution in [0.2, 0.25) is 0 Å². The molecule has 0 saturated carbocycles. The average Bonchev–Trinajstić information content (AvgIpc) is 3.17. The Labute approximate surface area is 134 Å². The summed E-state index contributed by atoms with van der Waals surface area (Å²) in [5.74, 6) is 1.45. The Morgan fingerprint density at radius 3 is 2.91 bits per heavy atom. The second-order valence-corrected chi connectivity index (χ2v) is 6.14. The lowest BCUT2D eigenvalue weighted by Crippen LogP contribution is -2.06. The van der Waals surface area contributed by atoms with Crippen LogP contribution < -0.4 is 5.32 Å². The van der Waals surface area contributed by atoms with Crippen molar-refractivity contribution in [3.8, 4) is 0 Å². The highest BCUT2D eigenvalue weighted by molar-refractivity contribution is 5.72. The van der Waals surface area contributed by atoms with E-state index in [0.29, 0.717) is 11.5 Å². The molecule has 3 aromatic rings. The lowest BCUT2D eigenvalue weighted by Gasteiger charge is -2.18. The van der Waals surface area contributed by atoms with Gasteiger partial charge in [-0.1, -0.05) is 13.0 Å². The first-order valence-electron chi connectivity index (χ1n) is 7.84. The molecule has 1 aliphatic rings. The Bertz CT molecular complexity index is 874. The molecule has 3 heterocycles. The Hall–Kier alpha value is -2.70. The number of nitrogens with one attached hydrogen (secondary N) is 1. The Kier molecular flexibility index (Phi) is 3.33. The number of allylic oxidation sites excluding steroid dienone is 2. The van der Waals surface area contributed by atoms with Gasteiger partial charge in [0.1, 0.15) is 6.33 Å². The second-order valence-electron chi connectivity index (χ2n) is 6.14. The summed E-state index contributed by atoms with van der Waals surface area (Å²) in [5, 5.41) is 11.7. The minimum absolute atomic E-state index is 0.701. The predicted molar refractivity (Wildman–Crippen MR) is 88.3 cm³/mol. The zero-order chi connectivity index (χ0) is 15.8. The smallest absolute Gasteiger partial charge is 0.198 e. The van der Waals surface area contributed by atoms with Crippen LogP contribution in [0.4, 0.5) is 11.5 Å². The standard InChI is InChI=1S/C16H19N7/c1-11-3-5-12(6-4-11)14-9-23-16(17-10-19-23)15(21-14)20-13-7-18-22(2)8-13/h5,7-11H,3-4,6H2,1-2H3,(H,20,21). The molecule has 7 nitrogen and oxygen atoms in total. The number of hydrogen-bond donors (Lipinski definition) is 1. The number of hydrogen-bond acceptors (Lipinski definition) is 5. The maximum atomic E-state index is 4.79. The Balaban J connectivity index is 1.75. The van der Waals surface area contributed by atoms with Crippen LogP contribution in [0, 0.1) is 5.92 Å². The monoisotopic (exact) mass is 309 g/mol. The molecule has 0 bridgehead atoms. The van der Waals surface area contributed by atoms with Crippen LogP contribution in [0.3, 0.4) is 0 Å². The maximum absolute atomic E-state index is 4.79. The van der Waals surface area contributed by atoms with E-state index in [9.17, 15) is 0 Å². The summed E-state index contributed by atoms with van der Waals surface area (Å²) in [6.07, 6.45) is 12.8. The van der Waals surface area contributed by atoms with Crippen LogP contribution in [0.25, 0.3) is 11.2 Å². The summed E-state index contributed by atoms with van der Waals surface area (Å²) in [5.41, 5.74) is 3.84. The molecule has 7 heteroatoms. The molecule has 23 heavy (non-hydrogen) atoms. The van der Waals surface area contributed by atoms with Gasteiger partial charge in [0.2, 0.25) is 0 Å². The molecule has 0 spiro atoms. The molecular weight excluding hydrogens is 290 g/mol. The van der Waals surface area contributed by atoms with Gasteiger partial charge < -0.3 is 5.32 Å². The summed E-state index contributed by atoms with van der Waals surface area (Å²) in [7, 11) is 1.88. The minimum Gasteiger partial charge on any atom is -0.334 e. The molecule has 1 aliphatic carbocycles. The maximum Gasteiger partial charge on any atom is 0.198 e. The molecule has 0 fully saturated rings. The predicted octanol–water partition coefficient (Wildman–Crippen LogP) is 2.80. The van der Waals surface area contributed by atoms with Crippen molar-refractivity contribution in [1.29, 1.82) is 0 Å². The van der Waals surface area contributed by atoms with Crippen LogP contribution in [0.15, 0.2) is 31.0 Å². The number of aromatic nitrogens is 6. The van der Waals surface area contributed by atoms with Gasteiger partial charge in [-0.25, -0.2) is 14.5 Å². The molecule has 4 rings (SSSR count). The number of anilines is 2. The van der Waals surface area contributed by atoms with Crippen molar-refractivity contribution in [3.05, 3.63) is 36.7 Å². The quantitative estimate of drug-likeness (QED) is 0.805. The molecule has 1 unspecified atom stereocenters. The summed E-state index contributed by atoms with van der Waals surface area (Å²) in [6.45, 7) is 2.29. The van der Waals surface area contributed by atoms with Gasteiger partial charge in [0.05, 0.1) is 23.8 Å². The SMILES string of the molecule is CC1CC=C(c2cn3ncnc3c(Nc3cnn(C)c3)n2)CC1. The first-order chi connectivity index (χ1) is 11.2. The van der Waals surface area contributed by atoms with E-state index in [1.165, 1.54) is 12.0 Å². The minimum atomic E-state index is 0.701. The van der Waals surface area contributed by atoms with E-state index in [1.807, 2.05) is 19.4 Å². The van der Waals surface area contributed by atoms with Gasteiger partial charge in [-0.2, -0.15) is 10.2 Å². The van der Waals surface area contributed by atoms with Crippen LogP contribution in [-0.2, 0) is 7.05 Å². The van der Waals surface area contributed by atoms with Gasteiger partial charge in [0, 0.05) is 13.2 Å².